The fourth-order valence-electron chi connectivity index (χ4n) is 3.02. The van der Waals surface area contributed by atoms with E-state index in [9.17, 15) is 9.59 Å². The highest BCUT2D eigenvalue weighted by molar-refractivity contribution is 7.10. The fourth-order valence-corrected chi connectivity index (χ4v) is 3.89. The van der Waals surface area contributed by atoms with Gasteiger partial charge in [-0.25, -0.2) is 4.79 Å². The van der Waals surface area contributed by atoms with E-state index in [0.717, 1.165) is 0 Å². The summed E-state index contributed by atoms with van der Waals surface area (Å²) in [5.41, 5.74) is -0.529. The van der Waals surface area contributed by atoms with Gasteiger partial charge in [-0.1, -0.05) is 18.9 Å². The van der Waals surface area contributed by atoms with Crippen LogP contribution in [0.15, 0.2) is 17.5 Å². The van der Waals surface area contributed by atoms with Crippen LogP contribution in [0.2, 0.25) is 0 Å². The standard InChI is InChI=1S/C18H28N2O3S/c1-18(2,3)23-17(22)19-11-10-15(21)20-16(13-7-4-5-8-13)14-9-6-12-24-14/h6,9,12-13,16H,4-5,7-8,10-11H2,1-3H3,(H,19,22)(H,20,21)/t16-/m0/s1. The van der Waals surface area contributed by atoms with E-state index in [1.807, 2.05) is 32.2 Å². The lowest BCUT2D eigenvalue weighted by atomic mass is 9.96. The Morgan fingerprint density at radius 2 is 2.04 bits per heavy atom. The highest BCUT2D eigenvalue weighted by Crippen LogP contribution is 2.37. The van der Waals surface area contributed by atoms with E-state index in [1.165, 1.54) is 30.6 Å². The summed E-state index contributed by atoms with van der Waals surface area (Å²) in [6, 6.07) is 4.21. The molecule has 1 saturated carbocycles. The predicted octanol–water partition coefficient (Wildman–Crippen LogP) is 4.01. The molecule has 1 aromatic heterocycles. The van der Waals surface area contributed by atoms with E-state index in [2.05, 4.69) is 16.7 Å². The van der Waals surface area contributed by atoms with Crippen molar-refractivity contribution in [1.29, 1.82) is 0 Å². The Kier molecular flexibility index (Phi) is 6.66. The van der Waals surface area contributed by atoms with Crippen molar-refractivity contribution in [1.82, 2.24) is 10.6 Å². The Morgan fingerprint density at radius 1 is 1.33 bits per heavy atom. The summed E-state index contributed by atoms with van der Waals surface area (Å²) in [6.07, 6.45) is 4.58. The lowest BCUT2D eigenvalue weighted by Gasteiger charge is -2.24. The molecule has 0 spiro atoms. The molecule has 1 aliphatic rings. The van der Waals surface area contributed by atoms with E-state index in [1.54, 1.807) is 11.3 Å². The minimum Gasteiger partial charge on any atom is -0.444 e. The Labute approximate surface area is 148 Å². The zero-order chi connectivity index (χ0) is 17.6. The summed E-state index contributed by atoms with van der Waals surface area (Å²) in [5.74, 6) is 0.489. The van der Waals surface area contributed by atoms with E-state index < -0.39 is 11.7 Å². The smallest absolute Gasteiger partial charge is 0.407 e. The van der Waals surface area contributed by atoms with Crippen LogP contribution in [-0.4, -0.2) is 24.1 Å². The van der Waals surface area contributed by atoms with Crippen molar-refractivity contribution in [3.05, 3.63) is 22.4 Å². The fraction of sp³-hybridized carbons (Fsp3) is 0.667. The molecular formula is C18H28N2O3S. The number of ether oxygens (including phenoxy) is 1. The Morgan fingerprint density at radius 3 is 2.62 bits per heavy atom. The first-order valence-electron chi connectivity index (χ1n) is 8.65. The number of thiophene rings is 1. The van der Waals surface area contributed by atoms with Gasteiger partial charge in [-0.2, -0.15) is 0 Å². The molecule has 0 saturated heterocycles. The molecule has 2 rings (SSSR count). The molecule has 2 amide bonds. The lowest BCUT2D eigenvalue weighted by Crippen LogP contribution is -2.37. The van der Waals surface area contributed by atoms with Crippen LogP contribution >= 0.6 is 11.3 Å². The highest BCUT2D eigenvalue weighted by atomic mass is 32.1. The van der Waals surface area contributed by atoms with E-state index in [4.69, 9.17) is 4.74 Å². The van der Waals surface area contributed by atoms with Gasteiger partial charge >= 0.3 is 6.09 Å². The van der Waals surface area contributed by atoms with Crippen LogP contribution in [0, 0.1) is 5.92 Å². The average molecular weight is 353 g/mol. The number of nitrogens with one attached hydrogen (secondary N) is 2. The van der Waals surface area contributed by atoms with Gasteiger partial charge in [0.25, 0.3) is 0 Å². The molecule has 0 unspecified atom stereocenters. The minimum atomic E-state index is -0.529. The zero-order valence-electron chi connectivity index (χ0n) is 14.8. The van der Waals surface area contributed by atoms with Crippen LogP contribution in [0.4, 0.5) is 4.79 Å². The molecule has 0 aliphatic heterocycles. The highest BCUT2D eigenvalue weighted by Gasteiger charge is 2.28. The normalized spacial score (nSPS) is 16.6. The Hall–Kier alpha value is -1.56. The molecule has 2 N–H and O–H groups in total. The molecule has 1 aromatic rings. The first-order chi connectivity index (χ1) is 11.3. The minimum absolute atomic E-state index is 0.0311. The maximum absolute atomic E-state index is 12.3. The van der Waals surface area contributed by atoms with Gasteiger partial charge in [-0.05, 0) is 51.0 Å². The molecule has 1 atom stereocenters. The first-order valence-corrected chi connectivity index (χ1v) is 9.53. The monoisotopic (exact) mass is 352 g/mol. The van der Waals surface area contributed by atoms with Gasteiger partial charge in [0, 0.05) is 17.8 Å². The van der Waals surface area contributed by atoms with E-state index >= 15 is 0 Å². The van der Waals surface area contributed by atoms with Crippen molar-refractivity contribution < 1.29 is 14.3 Å². The third kappa shape index (κ3) is 6.15. The van der Waals surface area contributed by atoms with E-state index in [-0.39, 0.29) is 24.9 Å². The summed E-state index contributed by atoms with van der Waals surface area (Å²) in [6.45, 7) is 5.72. The van der Waals surface area contributed by atoms with Gasteiger partial charge in [0.2, 0.25) is 5.91 Å². The number of carbonyl (C=O) groups excluding carboxylic acids is 2. The van der Waals surface area contributed by atoms with E-state index in [0.29, 0.717) is 5.92 Å². The van der Waals surface area contributed by atoms with Gasteiger partial charge in [-0.15, -0.1) is 11.3 Å². The van der Waals surface area contributed by atoms with Crippen molar-refractivity contribution in [3.63, 3.8) is 0 Å². The lowest BCUT2D eigenvalue weighted by molar-refractivity contribution is -0.122. The van der Waals surface area contributed by atoms with Crippen LogP contribution in [0.25, 0.3) is 0 Å². The number of alkyl carbamates (subject to hydrolysis) is 1. The molecule has 1 fully saturated rings. The van der Waals surface area contributed by atoms with Gasteiger partial charge in [-0.3, -0.25) is 4.79 Å². The second-order valence-corrected chi connectivity index (χ2v) is 8.26. The van der Waals surface area contributed by atoms with Crippen molar-refractivity contribution in [3.8, 4) is 0 Å². The topological polar surface area (TPSA) is 67.4 Å². The molecule has 0 radical (unpaired) electrons. The molecule has 134 valence electrons. The third-order valence-corrected chi connectivity index (χ3v) is 5.01. The SMILES string of the molecule is CC(C)(C)OC(=O)NCCC(=O)N[C@H](c1cccs1)C1CCCC1. The zero-order valence-corrected chi connectivity index (χ0v) is 15.6. The van der Waals surface area contributed by atoms with Crippen molar-refractivity contribution in [2.24, 2.45) is 5.92 Å². The molecule has 24 heavy (non-hydrogen) atoms. The van der Waals surface area contributed by atoms with Crippen molar-refractivity contribution >= 4 is 23.3 Å². The summed E-state index contributed by atoms with van der Waals surface area (Å²) in [5, 5.41) is 7.84. The number of hydrogen-bond donors (Lipinski definition) is 2. The quantitative estimate of drug-likeness (QED) is 0.813. The Balaban J connectivity index is 1.79. The third-order valence-electron chi connectivity index (χ3n) is 4.06. The van der Waals surface area contributed by atoms with Gasteiger partial charge in [0.15, 0.2) is 0 Å². The average Bonchev–Trinajstić information content (AvgIpc) is 3.16. The number of carbonyl (C=O) groups is 2. The summed E-state index contributed by atoms with van der Waals surface area (Å²) in [4.78, 5) is 25.1. The largest absolute Gasteiger partial charge is 0.444 e. The molecule has 0 bridgehead atoms. The molecule has 5 nitrogen and oxygen atoms in total. The van der Waals surface area contributed by atoms with Crippen molar-refractivity contribution in [2.45, 2.75) is 64.5 Å². The van der Waals surface area contributed by atoms with Crippen LogP contribution in [0.5, 0.6) is 0 Å². The molecule has 1 heterocycles. The molecule has 1 aliphatic carbocycles. The van der Waals surface area contributed by atoms with Gasteiger partial charge in [0.1, 0.15) is 5.60 Å². The number of rotatable bonds is 6. The van der Waals surface area contributed by atoms with Crippen LogP contribution in [0.3, 0.4) is 0 Å². The van der Waals surface area contributed by atoms with Gasteiger partial charge in [0.05, 0.1) is 6.04 Å². The summed E-state index contributed by atoms with van der Waals surface area (Å²) >= 11 is 1.69. The maximum Gasteiger partial charge on any atom is 0.407 e. The Bertz CT molecular complexity index is 531. The van der Waals surface area contributed by atoms with Gasteiger partial charge < -0.3 is 15.4 Å². The van der Waals surface area contributed by atoms with Crippen LogP contribution < -0.4 is 10.6 Å². The summed E-state index contributed by atoms with van der Waals surface area (Å²) < 4.78 is 5.16. The second kappa shape index (κ2) is 8.51. The first kappa shape index (κ1) is 18.8. The molecule has 0 aromatic carbocycles. The second-order valence-electron chi connectivity index (χ2n) is 7.28. The predicted molar refractivity (Wildman–Crippen MR) is 96.0 cm³/mol. The molecule has 6 heteroatoms. The number of hydrogen-bond acceptors (Lipinski definition) is 4. The maximum atomic E-state index is 12.3. The molecular weight excluding hydrogens is 324 g/mol. The van der Waals surface area contributed by atoms with Crippen LogP contribution in [0.1, 0.15) is 63.8 Å². The number of amides is 2. The summed E-state index contributed by atoms with van der Waals surface area (Å²) in [7, 11) is 0. The van der Waals surface area contributed by atoms with Crippen LogP contribution in [-0.2, 0) is 9.53 Å². The van der Waals surface area contributed by atoms with Crippen molar-refractivity contribution in [2.75, 3.05) is 6.54 Å².